The van der Waals surface area contributed by atoms with Crippen molar-refractivity contribution >= 4 is 5.97 Å². The molecule has 0 bridgehead atoms. The van der Waals surface area contributed by atoms with Gasteiger partial charge in [-0.3, -0.25) is 4.68 Å². The van der Waals surface area contributed by atoms with E-state index in [-0.39, 0.29) is 17.0 Å². The second kappa shape index (κ2) is 3.51. The zero-order chi connectivity index (χ0) is 10.0. The number of halogens is 2. The molecule has 0 atom stereocenters. The van der Waals surface area contributed by atoms with Crippen molar-refractivity contribution in [3.05, 3.63) is 17.0 Å². The summed E-state index contributed by atoms with van der Waals surface area (Å²) < 4.78 is 25.6. The fourth-order valence-electron chi connectivity index (χ4n) is 1.11. The summed E-state index contributed by atoms with van der Waals surface area (Å²) in [6.45, 7) is -1.97. The molecule has 1 rings (SSSR count). The van der Waals surface area contributed by atoms with Gasteiger partial charge in [-0.05, 0) is 0 Å². The maximum absolute atomic E-state index is 12.3. The van der Waals surface area contributed by atoms with Crippen LogP contribution in [0.1, 0.15) is 21.7 Å². The number of carboxylic acid groups (broad SMARTS) is 1. The third-order valence-electron chi connectivity index (χ3n) is 1.71. The Kier molecular flexibility index (Phi) is 2.60. The van der Waals surface area contributed by atoms with E-state index >= 15 is 0 Å². The van der Waals surface area contributed by atoms with Crippen LogP contribution in [0.3, 0.4) is 0 Å². The van der Waals surface area contributed by atoms with Crippen LogP contribution in [0.15, 0.2) is 0 Å². The second-order valence-corrected chi connectivity index (χ2v) is 2.46. The van der Waals surface area contributed by atoms with Crippen LogP contribution < -0.4 is 0 Å². The van der Waals surface area contributed by atoms with E-state index in [4.69, 9.17) is 5.11 Å². The largest absolute Gasteiger partial charge is 0.478 e. The highest BCUT2D eigenvalue weighted by atomic mass is 19.1. The fourth-order valence-corrected chi connectivity index (χ4v) is 1.11. The van der Waals surface area contributed by atoms with Crippen molar-refractivity contribution in [1.29, 1.82) is 0 Å². The minimum atomic E-state index is -1.35. The first-order chi connectivity index (χ1) is 6.11. The van der Waals surface area contributed by atoms with Crippen LogP contribution in [0.4, 0.5) is 8.78 Å². The summed E-state index contributed by atoms with van der Waals surface area (Å²) >= 11 is 0. The van der Waals surface area contributed by atoms with Crippen LogP contribution >= 0.6 is 0 Å². The molecule has 0 aliphatic heterocycles. The maximum Gasteiger partial charge on any atom is 0.339 e. The third-order valence-corrected chi connectivity index (χ3v) is 1.71. The average molecular weight is 190 g/mol. The molecular formula is C7H8F2N2O2. The van der Waals surface area contributed by atoms with Crippen molar-refractivity contribution in [3.63, 3.8) is 0 Å². The van der Waals surface area contributed by atoms with Crippen molar-refractivity contribution in [3.8, 4) is 0 Å². The molecule has 0 aliphatic rings. The van der Waals surface area contributed by atoms with Crippen LogP contribution in [0.2, 0.25) is 0 Å². The van der Waals surface area contributed by atoms with E-state index in [2.05, 4.69) is 5.10 Å². The summed E-state index contributed by atoms with van der Waals surface area (Å²) in [5.74, 6) is -1.35. The van der Waals surface area contributed by atoms with E-state index in [1.54, 1.807) is 0 Å². The summed E-state index contributed by atoms with van der Waals surface area (Å²) in [4.78, 5) is 10.6. The van der Waals surface area contributed by atoms with Gasteiger partial charge in [0.1, 0.15) is 24.6 Å². The van der Waals surface area contributed by atoms with Gasteiger partial charge in [-0.25, -0.2) is 13.6 Å². The first-order valence-corrected chi connectivity index (χ1v) is 3.51. The molecule has 0 radical (unpaired) electrons. The molecule has 0 unspecified atom stereocenters. The van der Waals surface area contributed by atoms with Crippen LogP contribution in [0.5, 0.6) is 0 Å². The molecule has 1 aromatic rings. The van der Waals surface area contributed by atoms with Crippen molar-refractivity contribution in [1.82, 2.24) is 9.78 Å². The van der Waals surface area contributed by atoms with Crippen LogP contribution in [-0.2, 0) is 20.4 Å². The first-order valence-electron chi connectivity index (χ1n) is 3.51. The highest BCUT2D eigenvalue weighted by Gasteiger charge is 2.21. The summed E-state index contributed by atoms with van der Waals surface area (Å²) in [5, 5.41) is 12.2. The molecule has 0 fully saturated rings. The van der Waals surface area contributed by atoms with E-state index < -0.39 is 19.3 Å². The van der Waals surface area contributed by atoms with Gasteiger partial charge < -0.3 is 5.11 Å². The Hall–Kier alpha value is -1.46. The lowest BCUT2D eigenvalue weighted by Crippen LogP contribution is -2.03. The number of alkyl halides is 2. The number of aryl methyl sites for hydroxylation is 1. The number of carboxylic acids is 1. The van der Waals surface area contributed by atoms with E-state index in [1.807, 2.05) is 0 Å². The van der Waals surface area contributed by atoms with Gasteiger partial charge >= 0.3 is 5.97 Å². The molecule has 1 N–H and O–H groups in total. The predicted octanol–water partition coefficient (Wildman–Crippen LogP) is 1.06. The molecule has 1 aromatic heterocycles. The molecule has 6 heteroatoms. The minimum absolute atomic E-state index is 0.111. The second-order valence-electron chi connectivity index (χ2n) is 2.46. The van der Waals surface area contributed by atoms with E-state index in [0.717, 1.165) is 4.68 Å². The topological polar surface area (TPSA) is 55.1 Å². The molecule has 0 amide bonds. The van der Waals surface area contributed by atoms with E-state index in [9.17, 15) is 13.6 Å². The highest BCUT2D eigenvalue weighted by molar-refractivity contribution is 5.90. The summed E-state index contributed by atoms with van der Waals surface area (Å²) in [6.07, 6.45) is 0. The molecular weight excluding hydrogens is 182 g/mol. The molecule has 0 saturated heterocycles. The quantitative estimate of drug-likeness (QED) is 0.775. The van der Waals surface area contributed by atoms with Crippen molar-refractivity contribution in [2.75, 3.05) is 0 Å². The monoisotopic (exact) mass is 190 g/mol. The van der Waals surface area contributed by atoms with Crippen molar-refractivity contribution in [2.45, 2.75) is 13.3 Å². The SMILES string of the molecule is Cn1nc(CF)c(C(=O)O)c1CF. The van der Waals surface area contributed by atoms with Crippen molar-refractivity contribution in [2.24, 2.45) is 7.05 Å². The van der Waals surface area contributed by atoms with Crippen LogP contribution in [-0.4, -0.2) is 20.9 Å². The van der Waals surface area contributed by atoms with Crippen LogP contribution in [0, 0.1) is 0 Å². The Morgan fingerprint density at radius 3 is 2.54 bits per heavy atom. The zero-order valence-electron chi connectivity index (χ0n) is 6.92. The summed E-state index contributed by atoms with van der Waals surface area (Å²) in [7, 11) is 1.38. The first kappa shape index (κ1) is 9.63. The van der Waals surface area contributed by atoms with E-state index in [0.29, 0.717) is 0 Å². The third kappa shape index (κ3) is 1.51. The Morgan fingerprint density at radius 2 is 2.15 bits per heavy atom. The maximum atomic E-state index is 12.3. The van der Waals surface area contributed by atoms with Gasteiger partial charge in [-0.2, -0.15) is 5.10 Å². The molecule has 0 aliphatic carbocycles. The van der Waals surface area contributed by atoms with Crippen molar-refractivity contribution < 1.29 is 18.7 Å². The number of hydrogen-bond donors (Lipinski definition) is 1. The number of aromatic nitrogens is 2. The number of hydrogen-bond acceptors (Lipinski definition) is 2. The molecule has 72 valence electrons. The number of carbonyl (C=O) groups is 1. The van der Waals surface area contributed by atoms with Gasteiger partial charge in [0.2, 0.25) is 0 Å². The molecule has 0 aromatic carbocycles. The number of aromatic carboxylic acids is 1. The van der Waals surface area contributed by atoms with Gasteiger partial charge in [0, 0.05) is 7.05 Å². The van der Waals surface area contributed by atoms with Crippen LogP contribution in [0.25, 0.3) is 0 Å². The smallest absolute Gasteiger partial charge is 0.339 e. The molecule has 4 nitrogen and oxygen atoms in total. The van der Waals surface area contributed by atoms with Gasteiger partial charge in [0.25, 0.3) is 0 Å². The highest BCUT2D eigenvalue weighted by Crippen LogP contribution is 2.15. The zero-order valence-corrected chi connectivity index (χ0v) is 6.92. The van der Waals surface area contributed by atoms with Gasteiger partial charge in [0.15, 0.2) is 0 Å². The normalized spacial score (nSPS) is 10.4. The molecule has 0 spiro atoms. The molecule has 1 heterocycles. The van der Waals surface area contributed by atoms with Gasteiger partial charge in [-0.15, -0.1) is 0 Å². The van der Waals surface area contributed by atoms with Gasteiger partial charge in [-0.1, -0.05) is 0 Å². The Balaban J connectivity index is 3.32. The molecule has 0 saturated carbocycles. The lowest BCUT2D eigenvalue weighted by molar-refractivity contribution is 0.0692. The lowest BCUT2D eigenvalue weighted by atomic mass is 10.2. The Morgan fingerprint density at radius 1 is 1.54 bits per heavy atom. The number of rotatable bonds is 3. The van der Waals surface area contributed by atoms with Gasteiger partial charge in [0.05, 0.1) is 5.69 Å². The minimum Gasteiger partial charge on any atom is -0.478 e. The predicted molar refractivity (Wildman–Crippen MR) is 39.8 cm³/mol. The Labute approximate surface area is 72.8 Å². The van der Waals surface area contributed by atoms with E-state index in [1.165, 1.54) is 7.05 Å². The lowest BCUT2D eigenvalue weighted by Gasteiger charge is -1.96. The molecule has 13 heavy (non-hydrogen) atoms. The standard InChI is InChI=1S/C7H8F2N2O2/c1-11-5(3-9)6(7(12)13)4(2-8)10-11/h2-3H2,1H3,(H,12,13). The number of nitrogens with zero attached hydrogens (tertiary/aromatic N) is 2. The summed E-state index contributed by atoms with van der Waals surface area (Å²) in [6, 6.07) is 0. The average Bonchev–Trinajstić information content (AvgIpc) is 2.41. The Bertz CT molecular complexity index is 335. The fraction of sp³-hybridized carbons (Fsp3) is 0.429. The summed E-state index contributed by atoms with van der Waals surface area (Å²) in [5.41, 5.74) is -0.713.